The zero-order valence-electron chi connectivity index (χ0n) is 24.2. The number of hydrogen-bond donors (Lipinski definition) is 2. The fraction of sp³-hybridized carbons (Fsp3) is 0.433. The van der Waals surface area contributed by atoms with E-state index in [4.69, 9.17) is 19.6 Å². The Kier molecular flexibility index (Phi) is 7.81. The van der Waals surface area contributed by atoms with E-state index in [0.29, 0.717) is 42.2 Å². The number of carbonyl (C=O) groups is 1. The summed E-state index contributed by atoms with van der Waals surface area (Å²) in [6.07, 6.45) is 6.41. The molecule has 0 bridgehead atoms. The van der Waals surface area contributed by atoms with Crippen LogP contribution in [-0.2, 0) is 23.1 Å². The van der Waals surface area contributed by atoms with Crippen LogP contribution in [0.1, 0.15) is 58.6 Å². The normalized spacial score (nSPS) is 18.9. The zero-order valence-corrected chi connectivity index (χ0v) is 24.2. The molecule has 2 fully saturated rings. The van der Waals surface area contributed by atoms with Gasteiger partial charge < -0.3 is 24.7 Å². The van der Waals surface area contributed by atoms with Crippen LogP contribution in [0.4, 0.5) is 11.6 Å². The highest BCUT2D eigenvalue weighted by molar-refractivity contribution is 5.81. The predicted octanol–water partition coefficient (Wildman–Crippen LogP) is 4.53. The van der Waals surface area contributed by atoms with Crippen molar-refractivity contribution in [1.82, 2.24) is 24.6 Å². The molecule has 1 saturated carbocycles. The van der Waals surface area contributed by atoms with Crippen molar-refractivity contribution in [3.05, 3.63) is 64.0 Å². The van der Waals surface area contributed by atoms with E-state index in [9.17, 15) is 9.59 Å². The minimum absolute atomic E-state index is 0.175. The summed E-state index contributed by atoms with van der Waals surface area (Å²) in [7, 11) is 1.88. The molecule has 1 amide bonds. The molecule has 1 saturated heterocycles. The van der Waals surface area contributed by atoms with Gasteiger partial charge in [-0.2, -0.15) is 5.10 Å². The van der Waals surface area contributed by atoms with E-state index in [-0.39, 0.29) is 28.8 Å². The smallest absolute Gasteiger partial charge is 0.290 e. The second kappa shape index (κ2) is 11.3. The lowest BCUT2D eigenvalue weighted by atomic mass is 9.98. The second-order valence-electron chi connectivity index (χ2n) is 11.3. The predicted molar refractivity (Wildman–Crippen MR) is 158 cm³/mol. The Morgan fingerprint density at radius 1 is 1.32 bits per heavy atom. The van der Waals surface area contributed by atoms with Crippen molar-refractivity contribution in [3.8, 4) is 5.75 Å². The van der Waals surface area contributed by atoms with Gasteiger partial charge in [-0.05, 0) is 71.0 Å². The molecule has 2 aromatic heterocycles. The first-order valence-corrected chi connectivity index (χ1v) is 13.8. The first kappa shape index (κ1) is 28.3. The number of aryl methyl sites for hydroxylation is 1. The molecule has 0 spiro atoms. The van der Waals surface area contributed by atoms with Crippen molar-refractivity contribution in [2.24, 2.45) is 18.0 Å². The summed E-state index contributed by atoms with van der Waals surface area (Å²) in [4.78, 5) is 33.5. The van der Waals surface area contributed by atoms with Crippen LogP contribution in [0, 0.1) is 5.92 Å². The number of aromatic nitrogens is 4. The number of nitrogens with zero attached hydrogens (tertiary/aromatic N) is 5. The first-order valence-electron chi connectivity index (χ1n) is 13.8. The lowest BCUT2D eigenvalue weighted by Crippen LogP contribution is -2.30. The average Bonchev–Trinajstić information content (AvgIpc) is 3.66. The van der Waals surface area contributed by atoms with E-state index in [1.165, 1.54) is 6.92 Å². The maximum atomic E-state index is 13.5. The molecule has 2 aliphatic rings. The number of anilines is 2. The third kappa shape index (κ3) is 6.57. The minimum Gasteiger partial charge on any atom is -0.458 e. The number of nitrogens with one attached hydrogen (secondary N) is 2. The first-order chi connectivity index (χ1) is 19.5. The van der Waals surface area contributed by atoms with Crippen LogP contribution >= 0.6 is 0 Å². The molecule has 3 aromatic rings. The molecule has 41 heavy (non-hydrogen) atoms. The molecule has 1 unspecified atom stereocenters. The summed E-state index contributed by atoms with van der Waals surface area (Å²) in [6.45, 7) is 12.0. The Balaban J connectivity index is 1.40. The van der Waals surface area contributed by atoms with Crippen molar-refractivity contribution < 1.29 is 14.3 Å². The summed E-state index contributed by atoms with van der Waals surface area (Å²) in [5, 5.41) is 10.6. The van der Waals surface area contributed by atoms with Crippen LogP contribution in [-0.4, -0.2) is 44.2 Å². The van der Waals surface area contributed by atoms with Gasteiger partial charge in [0.2, 0.25) is 11.9 Å². The van der Waals surface area contributed by atoms with Crippen LogP contribution in [0.3, 0.4) is 0 Å². The van der Waals surface area contributed by atoms with E-state index in [2.05, 4.69) is 36.2 Å². The molecule has 1 aliphatic carbocycles. The highest BCUT2D eigenvalue weighted by Crippen LogP contribution is 2.39. The largest absolute Gasteiger partial charge is 0.458 e. The molecule has 1 atom stereocenters. The lowest BCUT2D eigenvalue weighted by Gasteiger charge is -2.16. The van der Waals surface area contributed by atoms with Crippen molar-refractivity contribution >= 4 is 35.3 Å². The Labute approximate surface area is 239 Å². The molecular formula is C30H37N7O4. The van der Waals surface area contributed by atoms with Crippen LogP contribution in [0.5, 0.6) is 5.75 Å². The van der Waals surface area contributed by atoms with E-state index in [1.807, 2.05) is 42.8 Å². The molecule has 0 radical (unpaired) electrons. The lowest BCUT2D eigenvalue weighted by molar-refractivity contribution is -0.118. The number of benzene rings is 1. The summed E-state index contributed by atoms with van der Waals surface area (Å²) < 4.78 is 15.4. The van der Waals surface area contributed by atoms with Gasteiger partial charge in [-0.1, -0.05) is 0 Å². The van der Waals surface area contributed by atoms with E-state index in [1.54, 1.807) is 16.8 Å². The van der Waals surface area contributed by atoms with Crippen molar-refractivity contribution in [2.45, 2.75) is 65.0 Å². The third-order valence-corrected chi connectivity index (χ3v) is 7.28. The van der Waals surface area contributed by atoms with Crippen molar-refractivity contribution in [3.63, 3.8) is 0 Å². The molecule has 11 nitrogen and oxygen atoms in total. The summed E-state index contributed by atoms with van der Waals surface area (Å²) in [6, 6.07) is 7.40. The average molecular weight is 560 g/mol. The van der Waals surface area contributed by atoms with Crippen LogP contribution in [0.25, 0.3) is 11.0 Å². The Hall–Kier alpha value is -4.25. The SMILES string of the molecule is C=N/C(=C\C(=C/C)Oc1ccc2nc(Nc3cc(C4CC4)nn(CC4COC(C)(C)C4)c3=O)n(C)c2c1)NC(C)=O. The Bertz CT molecular complexity index is 1610. The van der Waals surface area contributed by atoms with E-state index >= 15 is 0 Å². The summed E-state index contributed by atoms with van der Waals surface area (Å²) >= 11 is 0. The van der Waals surface area contributed by atoms with Gasteiger partial charge in [0.05, 0.1) is 35.5 Å². The van der Waals surface area contributed by atoms with Gasteiger partial charge >= 0.3 is 0 Å². The van der Waals surface area contributed by atoms with Gasteiger partial charge in [-0.15, -0.1) is 0 Å². The molecule has 3 heterocycles. The number of imidazole rings is 1. The van der Waals surface area contributed by atoms with Gasteiger partial charge in [0.1, 0.15) is 23.0 Å². The number of aliphatic imine (C=N–C) groups is 1. The fourth-order valence-electron chi connectivity index (χ4n) is 5.08. The second-order valence-corrected chi connectivity index (χ2v) is 11.3. The molecule has 216 valence electrons. The molecule has 5 rings (SSSR count). The number of rotatable bonds is 10. The number of allylic oxidation sites excluding steroid dienone is 2. The van der Waals surface area contributed by atoms with Crippen LogP contribution in [0.2, 0.25) is 0 Å². The molecule has 11 heteroatoms. The zero-order chi connectivity index (χ0) is 29.3. The quantitative estimate of drug-likeness (QED) is 0.212. The van der Waals surface area contributed by atoms with Gasteiger partial charge in [-0.25, -0.2) is 14.7 Å². The number of hydrogen-bond acceptors (Lipinski definition) is 8. The fourth-order valence-corrected chi connectivity index (χ4v) is 5.08. The monoisotopic (exact) mass is 559 g/mol. The highest BCUT2D eigenvalue weighted by Gasteiger charge is 2.33. The molecule has 1 aromatic carbocycles. The van der Waals surface area contributed by atoms with Crippen molar-refractivity contribution in [2.75, 3.05) is 11.9 Å². The van der Waals surface area contributed by atoms with Crippen LogP contribution < -0.4 is 20.9 Å². The molecular weight excluding hydrogens is 522 g/mol. The number of ether oxygens (including phenoxy) is 2. The minimum atomic E-state index is -0.253. The maximum absolute atomic E-state index is 13.5. The summed E-state index contributed by atoms with van der Waals surface area (Å²) in [5.74, 6) is 2.26. The Morgan fingerprint density at radius 2 is 2.10 bits per heavy atom. The summed E-state index contributed by atoms with van der Waals surface area (Å²) in [5.41, 5.74) is 2.59. The highest BCUT2D eigenvalue weighted by atomic mass is 16.5. The third-order valence-electron chi connectivity index (χ3n) is 7.28. The standard InChI is InChI=1S/C30H37N7O4/c1-7-21(13-27(31-5)32-18(2)38)41-22-10-11-23-26(12-22)36(6)29(33-23)34-25-14-24(20-8-9-20)35-37(28(25)39)16-19-15-30(3,4)40-17-19/h7,10-14,19-20H,5,8-9,15-17H2,1-4,6H3,(H,32,38)(H,33,34)/b21-7+,27-13+. The van der Waals surface area contributed by atoms with E-state index in [0.717, 1.165) is 36.0 Å². The van der Waals surface area contributed by atoms with E-state index < -0.39 is 0 Å². The van der Waals surface area contributed by atoms with Crippen molar-refractivity contribution in [1.29, 1.82) is 0 Å². The number of carbonyl (C=O) groups excluding carboxylic acids is 1. The topological polar surface area (TPSA) is 125 Å². The van der Waals surface area contributed by atoms with Crippen LogP contribution in [0.15, 0.2) is 57.8 Å². The number of amides is 1. The van der Waals surface area contributed by atoms with Gasteiger partial charge in [0, 0.05) is 37.9 Å². The Morgan fingerprint density at radius 3 is 2.73 bits per heavy atom. The molecule has 1 aliphatic heterocycles. The van der Waals surface area contributed by atoms with Gasteiger partial charge in [0.25, 0.3) is 5.56 Å². The number of fused-ring (bicyclic) bond motifs is 1. The van der Waals surface area contributed by atoms with Gasteiger partial charge in [0.15, 0.2) is 0 Å². The molecule has 2 N–H and O–H groups in total. The van der Waals surface area contributed by atoms with Gasteiger partial charge in [-0.3, -0.25) is 9.59 Å². The maximum Gasteiger partial charge on any atom is 0.290 e.